The maximum Gasteiger partial charge on any atom is 0.261 e. The van der Waals surface area contributed by atoms with Crippen LogP contribution in [-0.2, 0) is 6.42 Å². The van der Waals surface area contributed by atoms with E-state index in [1.54, 1.807) is 0 Å². The Labute approximate surface area is 189 Å². The lowest BCUT2D eigenvalue weighted by Crippen LogP contribution is -2.38. The Morgan fingerprint density at radius 2 is 1.81 bits per heavy atom. The monoisotopic (exact) mass is 446 g/mol. The minimum atomic E-state index is -0.0224. The molecule has 7 nitrogen and oxygen atoms in total. The number of amides is 1. The fraction of sp³-hybridized carbons (Fsp3) is 0.478. The molecule has 1 aromatic heterocycles. The van der Waals surface area contributed by atoms with Gasteiger partial charge in [-0.05, 0) is 62.8 Å². The topological polar surface area (TPSA) is 84.0 Å². The summed E-state index contributed by atoms with van der Waals surface area (Å²) in [4.78, 5) is 17.3. The van der Waals surface area contributed by atoms with Crippen LogP contribution in [0.4, 0.5) is 0 Å². The molecule has 3 N–H and O–H groups in total. The summed E-state index contributed by atoms with van der Waals surface area (Å²) in [5, 5.41) is 11.4. The van der Waals surface area contributed by atoms with Crippen LogP contribution in [0.5, 0.6) is 11.5 Å². The van der Waals surface area contributed by atoms with E-state index in [1.807, 2.05) is 50.4 Å². The number of guanidine groups is 1. The zero-order chi connectivity index (χ0) is 22.3. The van der Waals surface area contributed by atoms with Crippen molar-refractivity contribution in [3.05, 3.63) is 46.2 Å². The van der Waals surface area contributed by atoms with Gasteiger partial charge in [0, 0.05) is 26.2 Å². The summed E-state index contributed by atoms with van der Waals surface area (Å²) in [6.45, 7) is 9.97. The molecule has 0 bridgehead atoms. The van der Waals surface area contributed by atoms with Crippen LogP contribution in [0.3, 0.4) is 0 Å². The molecule has 2 aromatic rings. The van der Waals surface area contributed by atoms with Gasteiger partial charge in [0.25, 0.3) is 5.91 Å². The molecule has 0 atom stereocenters. The van der Waals surface area contributed by atoms with Gasteiger partial charge in [-0.25, -0.2) is 0 Å². The number of aliphatic imine (C=N–C) groups is 1. The number of thiophene rings is 1. The molecule has 170 valence electrons. The molecule has 0 unspecified atom stereocenters. The number of ether oxygens (including phenoxy) is 2. The van der Waals surface area contributed by atoms with Crippen molar-refractivity contribution in [1.82, 2.24) is 16.0 Å². The number of nitrogens with one attached hydrogen (secondary N) is 3. The van der Waals surface area contributed by atoms with E-state index in [0.717, 1.165) is 48.3 Å². The molecule has 0 aliphatic carbocycles. The van der Waals surface area contributed by atoms with E-state index in [2.05, 4.69) is 27.0 Å². The first-order chi connectivity index (χ1) is 15.2. The number of carbonyl (C=O) groups is 1. The van der Waals surface area contributed by atoms with Crippen LogP contribution in [-0.4, -0.2) is 51.3 Å². The summed E-state index contributed by atoms with van der Waals surface area (Å²) < 4.78 is 11.3. The van der Waals surface area contributed by atoms with Crippen LogP contribution >= 0.6 is 11.3 Å². The Morgan fingerprint density at radius 1 is 1.00 bits per heavy atom. The van der Waals surface area contributed by atoms with Crippen LogP contribution < -0.4 is 25.4 Å². The quantitative estimate of drug-likeness (QED) is 0.249. The van der Waals surface area contributed by atoms with Crippen molar-refractivity contribution in [2.45, 2.75) is 33.6 Å². The predicted molar refractivity (Wildman–Crippen MR) is 128 cm³/mol. The minimum Gasteiger partial charge on any atom is -0.490 e. The maximum absolute atomic E-state index is 11.9. The van der Waals surface area contributed by atoms with Crippen molar-refractivity contribution in [3.8, 4) is 11.5 Å². The van der Waals surface area contributed by atoms with Crippen LogP contribution in [0.25, 0.3) is 0 Å². The van der Waals surface area contributed by atoms with Crippen LogP contribution in [0, 0.1) is 0 Å². The summed E-state index contributed by atoms with van der Waals surface area (Å²) >= 11 is 1.45. The van der Waals surface area contributed by atoms with Crippen molar-refractivity contribution in [2.24, 2.45) is 4.99 Å². The Kier molecular flexibility index (Phi) is 11.3. The zero-order valence-corrected chi connectivity index (χ0v) is 19.5. The second kappa shape index (κ2) is 14.3. The third kappa shape index (κ3) is 8.88. The highest BCUT2D eigenvalue weighted by molar-refractivity contribution is 7.12. The molecule has 0 fully saturated rings. The highest BCUT2D eigenvalue weighted by Crippen LogP contribution is 2.28. The van der Waals surface area contributed by atoms with Gasteiger partial charge in [0.15, 0.2) is 17.5 Å². The van der Waals surface area contributed by atoms with Gasteiger partial charge in [0.1, 0.15) is 0 Å². The Morgan fingerprint density at radius 3 is 2.52 bits per heavy atom. The fourth-order valence-electron chi connectivity index (χ4n) is 2.88. The lowest BCUT2D eigenvalue weighted by atomic mass is 10.1. The first-order valence-corrected chi connectivity index (χ1v) is 11.8. The lowest BCUT2D eigenvalue weighted by molar-refractivity contribution is 0.0957. The third-order valence-corrected chi connectivity index (χ3v) is 5.16. The normalized spacial score (nSPS) is 11.1. The van der Waals surface area contributed by atoms with E-state index < -0.39 is 0 Å². The largest absolute Gasteiger partial charge is 0.490 e. The number of benzene rings is 1. The fourth-order valence-corrected chi connectivity index (χ4v) is 3.52. The Hall–Kier alpha value is -2.74. The highest BCUT2D eigenvalue weighted by Gasteiger charge is 2.07. The molecular weight excluding hydrogens is 412 g/mol. The van der Waals surface area contributed by atoms with Crippen molar-refractivity contribution in [1.29, 1.82) is 0 Å². The molecule has 2 rings (SSSR count). The number of hydrogen-bond acceptors (Lipinski definition) is 5. The van der Waals surface area contributed by atoms with E-state index in [-0.39, 0.29) is 5.91 Å². The molecule has 1 amide bonds. The zero-order valence-electron chi connectivity index (χ0n) is 18.7. The van der Waals surface area contributed by atoms with Crippen molar-refractivity contribution in [3.63, 3.8) is 0 Å². The molecule has 1 aromatic carbocycles. The third-order valence-electron chi connectivity index (χ3n) is 4.29. The van der Waals surface area contributed by atoms with Gasteiger partial charge in [-0.15, -0.1) is 11.3 Å². The Bertz CT molecular complexity index is 809. The molecular formula is C23H34N4O3S. The maximum atomic E-state index is 11.9. The SMILES string of the molecule is CCNC(=NCCCNC(=O)c1cccs1)NCCc1ccc(OCC)c(OCC)c1. The van der Waals surface area contributed by atoms with E-state index in [0.29, 0.717) is 26.3 Å². The molecule has 0 spiro atoms. The van der Waals surface area contributed by atoms with Gasteiger partial charge in [-0.3, -0.25) is 9.79 Å². The number of hydrogen-bond donors (Lipinski definition) is 3. The molecule has 0 aliphatic rings. The van der Waals surface area contributed by atoms with Crippen LogP contribution in [0.15, 0.2) is 40.7 Å². The van der Waals surface area contributed by atoms with Gasteiger partial charge in [0.2, 0.25) is 0 Å². The molecule has 0 radical (unpaired) electrons. The van der Waals surface area contributed by atoms with Gasteiger partial charge < -0.3 is 25.4 Å². The number of carbonyl (C=O) groups excluding carboxylic acids is 1. The Balaban J connectivity index is 1.76. The van der Waals surface area contributed by atoms with Crippen LogP contribution in [0.1, 0.15) is 42.4 Å². The molecule has 8 heteroatoms. The van der Waals surface area contributed by atoms with Gasteiger partial charge in [0.05, 0.1) is 18.1 Å². The lowest BCUT2D eigenvalue weighted by Gasteiger charge is -2.14. The van der Waals surface area contributed by atoms with Crippen molar-refractivity contribution in [2.75, 3.05) is 39.4 Å². The molecule has 1 heterocycles. The second-order valence-electron chi connectivity index (χ2n) is 6.67. The average molecular weight is 447 g/mol. The first kappa shape index (κ1) is 24.5. The standard InChI is InChI=1S/C23H34N4O3S/c1-4-24-23(26-14-8-13-25-22(28)21-9-7-16-31-21)27-15-12-18-10-11-19(29-5-2)20(17-18)30-6-3/h7,9-11,16-17H,4-6,8,12-15H2,1-3H3,(H,25,28)(H2,24,26,27). The molecule has 0 saturated carbocycles. The van der Waals surface area contributed by atoms with Crippen molar-refractivity contribution >= 4 is 23.2 Å². The predicted octanol–water partition coefficient (Wildman–Crippen LogP) is 3.46. The smallest absolute Gasteiger partial charge is 0.261 e. The first-order valence-electron chi connectivity index (χ1n) is 10.9. The summed E-state index contributed by atoms with van der Waals surface area (Å²) in [7, 11) is 0. The molecule has 0 aliphatic heterocycles. The molecule has 31 heavy (non-hydrogen) atoms. The number of rotatable bonds is 13. The summed E-state index contributed by atoms with van der Waals surface area (Å²) in [5.74, 6) is 2.32. The minimum absolute atomic E-state index is 0.0224. The second-order valence-corrected chi connectivity index (χ2v) is 7.62. The number of nitrogens with zero attached hydrogens (tertiary/aromatic N) is 1. The summed E-state index contributed by atoms with van der Waals surface area (Å²) in [6, 6.07) is 9.77. The van der Waals surface area contributed by atoms with Crippen LogP contribution in [0.2, 0.25) is 0 Å². The van der Waals surface area contributed by atoms with E-state index in [1.165, 1.54) is 16.9 Å². The summed E-state index contributed by atoms with van der Waals surface area (Å²) in [5.41, 5.74) is 1.17. The van der Waals surface area contributed by atoms with Crippen molar-refractivity contribution < 1.29 is 14.3 Å². The highest BCUT2D eigenvalue weighted by atomic mass is 32.1. The van der Waals surface area contributed by atoms with Gasteiger partial charge in [-0.2, -0.15) is 0 Å². The van der Waals surface area contributed by atoms with E-state index in [9.17, 15) is 4.79 Å². The van der Waals surface area contributed by atoms with Gasteiger partial charge >= 0.3 is 0 Å². The van der Waals surface area contributed by atoms with E-state index in [4.69, 9.17) is 9.47 Å². The average Bonchev–Trinajstić information content (AvgIpc) is 3.30. The van der Waals surface area contributed by atoms with Gasteiger partial charge in [-0.1, -0.05) is 12.1 Å². The van der Waals surface area contributed by atoms with E-state index >= 15 is 0 Å². The summed E-state index contributed by atoms with van der Waals surface area (Å²) in [6.07, 6.45) is 1.62. The molecule has 0 saturated heterocycles.